The maximum Gasteiger partial charge on any atom is 0.185 e. The predicted molar refractivity (Wildman–Crippen MR) is 90.5 cm³/mol. The van der Waals surface area contributed by atoms with Crippen LogP contribution >= 0.6 is 11.3 Å². The van der Waals surface area contributed by atoms with Crippen LogP contribution in [-0.4, -0.2) is 37.8 Å². The number of hydrogen-bond donors (Lipinski definition) is 1. The maximum absolute atomic E-state index is 5.55. The Labute approximate surface area is 132 Å². The van der Waals surface area contributed by atoms with E-state index in [0.717, 1.165) is 45.8 Å². The lowest BCUT2D eigenvalue weighted by molar-refractivity contribution is 0.152. The van der Waals surface area contributed by atoms with Gasteiger partial charge in [0, 0.05) is 36.5 Å². The average molecular weight is 311 g/mol. The number of aromatic nitrogens is 1. The van der Waals surface area contributed by atoms with E-state index in [9.17, 15) is 0 Å². The van der Waals surface area contributed by atoms with Crippen molar-refractivity contribution in [2.75, 3.05) is 37.7 Å². The zero-order valence-electron chi connectivity index (χ0n) is 13.9. The molecule has 1 aromatic heterocycles. The molecule has 2 rings (SSSR count). The van der Waals surface area contributed by atoms with Gasteiger partial charge in [-0.2, -0.15) is 0 Å². The number of nitrogens with zero attached hydrogens (tertiary/aromatic N) is 2. The van der Waals surface area contributed by atoms with Crippen molar-refractivity contribution < 1.29 is 4.74 Å². The SMILES string of the molecule is CCCNCc1sc(N2CCCOCC2)nc1C(C)(C)C. The lowest BCUT2D eigenvalue weighted by atomic mass is 9.91. The molecule has 0 aromatic carbocycles. The molecule has 1 aromatic rings. The molecule has 0 aliphatic carbocycles. The first-order valence-corrected chi connectivity index (χ1v) is 8.87. The number of anilines is 1. The van der Waals surface area contributed by atoms with Gasteiger partial charge in [0.05, 0.1) is 12.3 Å². The molecule has 5 heteroatoms. The molecule has 0 spiro atoms. The molecule has 0 unspecified atom stereocenters. The first kappa shape index (κ1) is 16.7. The predicted octanol–water partition coefficient (Wildman–Crippen LogP) is 3.17. The molecular formula is C16H29N3OS. The van der Waals surface area contributed by atoms with Crippen LogP contribution in [0, 0.1) is 0 Å². The molecule has 1 fully saturated rings. The molecule has 0 amide bonds. The van der Waals surface area contributed by atoms with E-state index in [0.29, 0.717) is 0 Å². The number of nitrogens with one attached hydrogen (secondary N) is 1. The first-order valence-electron chi connectivity index (χ1n) is 8.06. The smallest absolute Gasteiger partial charge is 0.185 e. The van der Waals surface area contributed by atoms with E-state index in [1.165, 1.54) is 22.1 Å². The van der Waals surface area contributed by atoms with E-state index in [1.54, 1.807) is 0 Å². The molecular weight excluding hydrogens is 282 g/mol. The highest BCUT2D eigenvalue weighted by atomic mass is 32.1. The number of ether oxygens (including phenoxy) is 1. The molecule has 1 N–H and O–H groups in total. The molecule has 0 bridgehead atoms. The summed E-state index contributed by atoms with van der Waals surface area (Å²) in [5.74, 6) is 0. The topological polar surface area (TPSA) is 37.4 Å². The third kappa shape index (κ3) is 4.66. The minimum atomic E-state index is 0.0975. The fraction of sp³-hybridized carbons (Fsp3) is 0.812. The van der Waals surface area contributed by atoms with Gasteiger partial charge in [-0.1, -0.05) is 27.7 Å². The largest absolute Gasteiger partial charge is 0.380 e. The van der Waals surface area contributed by atoms with Crippen LogP contribution in [0.15, 0.2) is 0 Å². The summed E-state index contributed by atoms with van der Waals surface area (Å²) in [6, 6.07) is 0. The van der Waals surface area contributed by atoms with Gasteiger partial charge in [-0.05, 0) is 19.4 Å². The second-order valence-electron chi connectivity index (χ2n) is 6.65. The Kier molecular flexibility index (Phi) is 6.02. The Balaban J connectivity index is 2.18. The quantitative estimate of drug-likeness (QED) is 0.848. The molecule has 120 valence electrons. The van der Waals surface area contributed by atoms with E-state index in [1.807, 2.05) is 11.3 Å². The Morgan fingerprint density at radius 1 is 1.29 bits per heavy atom. The van der Waals surface area contributed by atoms with Gasteiger partial charge in [-0.3, -0.25) is 0 Å². The van der Waals surface area contributed by atoms with Crippen LogP contribution < -0.4 is 10.2 Å². The third-order valence-corrected chi connectivity index (χ3v) is 4.72. The fourth-order valence-corrected chi connectivity index (χ4v) is 3.79. The zero-order chi connectivity index (χ0) is 15.3. The highest BCUT2D eigenvalue weighted by Gasteiger charge is 2.25. The van der Waals surface area contributed by atoms with Gasteiger partial charge in [0.1, 0.15) is 0 Å². The number of hydrogen-bond acceptors (Lipinski definition) is 5. The molecule has 0 atom stereocenters. The molecule has 21 heavy (non-hydrogen) atoms. The summed E-state index contributed by atoms with van der Waals surface area (Å²) in [6.45, 7) is 14.6. The van der Waals surface area contributed by atoms with Gasteiger partial charge >= 0.3 is 0 Å². The summed E-state index contributed by atoms with van der Waals surface area (Å²) in [5.41, 5.74) is 1.34. The van der Waals surface area contributed by atoms with Crippen molar-refractivity contribution in [3.8, 4) is 0 Å². The lowest BCUT2D eigenvalue weighted by Gasteiger charge is -2.19. The van der Waals surface area contributed by atoms with Crippen LogP contribution in [0.5, 0.6) is 0 Å². The molecule has 1 aliphatic rings. The van der Waals surface area contributed by atoms with Crippen LogP contribution in [0.25, 0.3) is 0 Å². The summed E-state index contributed by atoms with van der Waals surface area (Å²) in [7, 11) is 0. The Hall–Kier alpha value is -0.650. The van der Waals surface area contributed by atoms with Gasteiger partial charge in [0.25, 0.3) is 0 Å². The molecule has 0 radical (unpaired) electrons. The number of thiazole rings is 1. The van der Waals surface area contributed by atoms with Crippen molar-refractivity contribution >= 4 is 16.5 Å². The highest BCUT2D eigenvalue weighted by Crippen LogP contribution is 2.34. The first-order chi connectivity index (χ1) is 10.0. The van der Waals surface area contributed by atoms with Crippen LogP contribution in [-0.2, 0) is 16.7 Å². The molecule has 4 nitrogen and oxygen atoms in total. The van der Waals surface area contributed by atoms with Crippen molar-refractivity contribution in [1.82, 2.24) is 10.3 Å². The van der Waals surface area contributed by atoms with Crippen molar-refractivity contribution in [1.29, 1.82) is 0 Å². The Morgan fingerprint density at radius 2 is 2.10 bits per heavy atom. The normalized spacial score (nSPS) is 17.0. The summed E-state index contributed by atoms with van der Waals surface area (Å²) in [4.78, 5) is 8.74. The average Bonchev–Trinajstić information content (AvgIpc) is 2.67. The van der Waals surface area contributed by atoms with Crippen molar-refractivity contribution in [2.24, 2.45) is 0 Å². The van der Waals surface area contributed by atoms with Crippen LogP contribution in [0.4, 0.5) is 5.13 Å². The molecule has 1 saturated heterocycles. The second kappa shape index (κ2) is 7.56. The summed E-state index contributed by atoms with van der Waals surface area (Å²) in [6.07, 6.45) is 2.26. The van der Waals surface area contributed by atoms with Crippen LogP contribution in [0.1, 0.15) is 51.1 Å². The monoisotopic (exact) mass is 311 g/mol. The molecule has 2 heterocycles. The van der Waals surface area contributed by atoms with Crippen molar-refractivity contribution in [3.63, 3.8) is 0 Å². The summed E-state index contributed by atoms with van der Waals surface area (Å²) < 4.78 is 5.55. The Morgan fingerprint density at radius 3 is 2.81 bits per heavy atom. The van der Waals surface area contributed by atoms with Crippen LogP contribution in [0.3, 0.4) is 0 Å². The third-order valence-electron chi connectivity index (χ3n) is 3.60. The van der Waals surface area contributed by atoms with E-state index in [4.69, 9.17) is 9.72 Å². The van der Waals surface area contributed by atoms with Gasteiger partial charge < -0.3 is 15.0 Å². The molecule has 0 saturated carbocycles. The lowest BCUT2D eigenvalue weighted by Crippen LogP contribution is -2.26. The summed E-state index contributed by atoms with van der Waals surface area (Å²) >= 11 is 1.85. The van der Waals surface area contributed by atoms with Crippen LogP contribution in [0.2, 0.25) is 0 Å². The van der Waals surface area contributed by atoms with E-state index in [2.05, 4.69) is 37.9 Å². The van der Waals surface area contributed by atoms with E-state index in [-0.39, 0.29) is 5.41 Å². The highest BCUT2D eigenvalue weighted by molar-refractivity contribution is 7.15. The van der Waals surface area contributed by atoms with E-state index >= 15 is 0 Å². The molecule has 1 aliphatic heterocycles. The maximum atomic E-state index is 5.55. The fourth-order valence-electron chi connectivity index (χ4n) is 2.50. The van der Waals surface area contributed by atoms with Crippen molar-refractivity contribution in [2.45, 2.75) is 52.5 Å². The second-order valence-corrected chi connectivity index (χ2v) is 7.71. The minimum absolute atomic E-state index is 0.0975. The van der Waals surface area contributed by atoms with Gasteiger partial charge in [0.2, 0.25) is 0 Å². The van der Waals surface area contributed by atoms with Crippen molar-refractivity contribution in [3.05, 3.63) is 10.6 Å². The minimum Gasteiger partial charge on any atom is -0.380 e. The number of rotatable bonds is 5. The van der Waals surface area contributed by atoms with Gasteiger partial charge in [-0.25, -0.2) is 4.98 Å². The zero-order valence-corrected chi connectivity index (χ0v) is 14.7. The van der Waals surface area contributed by atoms with Gasteiger partial charge in [0.15, 0.2) is 5.13 Å². The summed E-state index contributed by atoms with van der Waals surface area (Å²) in [5, 5.41) is 4.69. The van der Waals surface area contributed by atoms with E-state index < -0.39 is 0 Å². The standard InChI is InChI=1S/C16H29N3OS/c1-5-7-17-12-13-14(16(2,3)4)18-15(21-13)19-8-6-10-20-11-9-19/h17H,5-12H2,1-4H3. The van der Waals surface area contributed by atoms with Gasteiger partial charge in [-0.15, -0.1) is 11.3 Å². The Bertz CT molecular complexity index is 431.